The van der Waals surface area contributed by atoms with Gasteiger partial charge in [0.15, 0.2) is 0 Å². The average Bonchev–Trinajstić information content (AvgIpc) is 3.11. The third-order valence-corrected chi connectivity index (χ3v) is 5.26. The lowest BCUT2D eigenvalue weighted by Crippen LogP contribution is -2.50. The molecule has 1 aliphatic heterocycles. The highest BCUT2D eigenvalue weighted by molar-refractivity contribution is 5.74. The predicted molar refractivity (Wildman–Crippen MR) is 75.5 cm³/mol. The molecule has 5 heteroatoms. The minimum Gasteiger partial charge on any atom is -0.396 e. The number of amides is 2. The van der Waals surface area contributed by atoms with Gasteiger partial charge in [-0.05, 0) is 38.5 Å². The Morgan fingerprint density at radius 3 is 2.65 bits per heavy atom. The summed E-state index contributed by atoms with van der Waals surface area (Å²) in [5.74, 6) is 0. The van der Waals surface area contributed by atoms with E-state index in [9.17, 15) is 9.90 Å². The first-order chi connectivity index (χ1) is 9.65. The van der Waals surface area contributed by atoms with Gasteiger partial charge in [-0.3, -0.25) is 0 Å². The van der Waals surface area contributed by atoms with Crippen molar-refractivity contribution in [3.05, 3.63) is 0 Å². The predicted octanol–water partition coefficient (Wildman–Crippen LogP) is 1.55. The lowest BCUT2D eigenvalue weighted by Gasteiger charge is -2.38. The van der Waals surface area contributed by atoms with Gasteiger partial charge in [0.25, 0.3) is 0 Å². The second kappa shape index (κ2) is 5.53. The highest BCUT2D eigenvalue weighted by Crippen LogP contribution is 2.44. The van der Waals surface area contributed by atoms with Gasteiger partial charge >= 0.3 is 6.03 Å². The van der Waals surface area contributed by atoms with E-state index in [2.05, 4.69) is 10.6 Å². The summed E-state index contributed by atoms with van der Waals surface area (Å²) in [7, 11) is 0. The third-order valence-electron chi connectivity index (χ3n) is 5.26. The normalized spacial score (nSPS) is 30.1. The standard InChI is InChI=1S/C15H26N2O3/c18-11-14(6-7-14)10-16-13(19)17-12-3-8-20-15(9-12)4-1-2-5-15/h12,18H,1-11H2,(H2,16,17,19). The number of aliphatic hydroxyl groups is 1. The van der Waals surface area contributed by atoms with E-state index in [1.807, 2.05) is 0 Å². The Morgan fingerprint density at radius 1 is 1.25 bits per heavy atom. The summed E-state index contributed by atoms with van der Waals surface area (Å²) in [6.45, 7) is 1.52. The fourth-order valence-corrected chi connectivity index (χ4v) is 3.59. The third kappa shape index (κ3) is 3.09. The van der Waals surface area contributed by atoms with Crippen molar-refractivity contribution >= 4 is 6.03 Å². The zero-order valence-electron chi connectivity index (χ0n) is 12.1. The van der Waals surface area contributed by atoms with Gasteiger partial charge in [-0.2, -0.15) is 0 Å². The summed E-state index contributed by atoms with van der Waals surface area (Å²) in [6.07, 6.45) is 8.66. The number of urea groups is 1. The van der Waals surface area contributed by atoms with Crippen molar-refractivity contribution in [3.63, 3.8) is 0 Å². The number of nitrogens with one attached hydrogen (secondary N) is 2. The largest absolute Gasteiger partial charge is 0.396 e. The Labute approximate surface area is 120 Å². The van der Waals surface area contributed by atoms with E-state index in [4.69, 9.17) is 4.74 Å². The van der Waals surface area contributed by atoms with Crippen LogP contribution in [-0.4, -0.2) is 42.5 Å². The van der Waals surface area contributed by atoms with Crippen LogP contribution in [0.5, 0.6) is 0 Å². The molecule has 3 rings (SSSR count). The van der Waals surface area contributed by atoms with Crippen molar-refractivity contribution < 1.29 is 14.6 Å². The number of hydrogen-bond donors (Lipinski definition) is 3. The van der Waals surface area contributed by atoms with Gasteiger partial charge in [-0.1, -0.05) is 12.8 Å². The molecule has 114 valence electrons. The van der Waals surface area contributed by atoms with Crippen LogP contribution in [0.15, 0.2) is 0 Å². The molecule has 3 aliphatic rings. The van der Waals surface area contributed by atoms with Gasteiger partial charge in [0.1, 0.15) is 0 Å². The van der Waals surface area contributed by atoms with Gasteiger partial charge in [-0.15, -0.1) is 0 Å². The van der Waals surface area contributed by atoms with Crippen molar-refractivity contribution in [2.24, 2.45) is 5.41 Å². The quantitative estimate of drug-likeness (QED) is 0.732. The molecule has 1 spiro atoms. The number of carbonyl (C=O) groups excluding carboxylic acids is 1. The Kier molecular flexibility index (Phi) is 3.91. The molecule has 0 radical (unpaired) electrons. The first-order valence-corrected chi connectivity index (χ1v) is 7.95. The molecular weight excluding hydrogens is 256 g/mol. The van der Waals surface area contributed by atoms with Gasteiger partial charge in [0.2, 0.25) is 0 Å². The van der Waals surface area contributed by atoms with E-state index < -0.39 is 0 Å². The topological polar surface area (TPSA) is 70.6 Å². The first-order valence-electron chi connectivity index (χ1n) is 7.95. The van der Waals surface area contributed by atoms with Crippen LogP contribution in [0.25, 0.3) is 0 Å². The van der Waals surface area contributed by atoms with Crippen molar-refractivity contribution in [1.29, 1.82) is 0 Å². The SMILES string of the molecule is O=C(NCC1(CO)CC1)NC1CCOC2(CCCC2)C1. The van der Waals surface area contributed by atoms with E-state index >= 15 is 0 Å². The molecule has 0 bridgehead atoms. The molecule has 0 aromatic carbocycles. The minimum atomic E-state index is -0.0928. The zero-order valence-corrected chi connectivity index (χ0v) is 12.1. The lowest BCUT2D eigenvalue weighted by molar-refractivity contribution is -0.0820. The molecule has 2 saturated carbocycles. The smallest absolute Gasteiger partial charge is 0.315 e. The number of hydrogen-bond acceptors (Lipinski definition) is 3. The second-order valence-corrected chi connectivity index (χ2v) is 6.91. The van der Waals surface area contributed by atoms with E-state index in [1.165, 1.54) is 12.8 Å². The van der Waals surface area contributed by atoms with Crippen LogP contribution in [0.1, 0.15) is 51.4 Å². The molecule has 0 aromatic heterocycles. The summed E-state index contributed by atoms with van der Waals surface area (Å²) in [6, 6.07) is 0.135. The fourth-order valence-electron chi connectivity index (χ4n) is 3.59. The van der Waals surface area contributed by atoms with E-state index in [-0.39, 0.29) is 29.7 Å². The summed E-state index contributed by atoms with van der Waals surface area (Å²) >= 11 is 0. The maximum absolute atomic E-state index is 12.0. The Morgan fingerprint density at radius 2 is 2.00 bits per heavy atom. The molecule has 20 heavy (non-hydrogen) atoms. The highest BCUT2D eigenvalue weighted by atomic mass is 16.5. The molecule has 1 saturated heterocycles. The van der Waals surface area contributed by atoms with Crippen molar-refractivity contribution in [3.8, 4) is 0 Å². The summed E-state index contributed by atoms with van der Waals surface area (Å²) in [5.41, 5.74) is 0.0126. The van der Waals surface area contributed by atoms with Crippen LogP contribution >= 0.6 is 0 Å². The molecule has 3 fully saturated rings. The Bertz CT molecular complexity index is 362. The maximum atomic E-state index is 12.0. The van der Waals surface area contributed by atoms with Gasteiger partial charge < -0.3 is 20.5 Å². The van der Waals surface area contributed by atoms with Gasteiger partial charge in [0.05, 0.1) is 12.2 Å². The number of aliphatic hydroxyl groups excluding tert-OH is 1. The average molecular weight is 282 g/mol. The number of ether oxygens (including phenoxy) is 1. The summed E-state index contributed by atoms with van der Waals surface area (Å²) < 4.78 is 5.98. The van der Waals surface area contributed by atoms with Crippen LogP contribution in [0, 0.1) is 5.41 Å². The van der Waals surface area contributed by atoms with Crippen molar-refractivity contribution in [2.45, 2.75) is 63.0 Å². The van der Waals surface area contributed by atoms with Crippen LogP contribution in [-0.2, 0) is 4.74 Å². The van der Waals surface area contributed by atoms with Crippen molar-refractivity contribution in [2.75, 3.05) is 19.8 Å². The van der Waals surface area contributed by atoms with Crippen LogP contribution < -0.4 is 10.6 Å². The van der Waals surface area contributed by atoms with E-state index in [1.54, 1.807) is 0 Å². The summed E-state index contributed by atoms with van der Waals surface area (Å²) in [4.78, 5) is 12.0. The Balaban J connectivity index is 1.44. The van der Waals surface area contributed by atoms with Crippen LogP contribution in [0.2, 0.25) is 0 Å². The zero-order chi connectivity index (χ0) is 14.1. The lowest BCUT2D eigenvalue weighted by atomic mass is 9.89. The monoisotopic (exact) mass is 282 g/mol. The fraction of sp³-hybridized carbons (Fsp3) is 0.933. The second-order valence-electron chi connectivity index (χ2n) is 6.91. The molecule has 5 nitrogen and oxygen atoms in total. The molecule has 1 unspecified atom stereocenters. The molecule has 1 heterocycles. The molecule has 0 aromatic rings. The maximum Gasteiger partial charge on any atom is 0.315 e. The first kappa shape index (κ1) is 14.1. The molecule has 1 atom stereocenters. The van der Waals surface area contributed by atoms with E-state index in [0.717, 1.165) is 45.1 Å². The van der Waals surface area contributed by atoms with Crippen LogP contribution in [0.4, 0.5) is 4.79 Å². The molecular formula is C15H26N2O3. The van der Waals surface area contributed by atoms with Gasteiger partial charge in [0, 0.05) is 24.6 Å². The summed E-state index contributed by atoms with van der Waals surface area (Å²) in [5, 5.41) is 15.2. The van der Waals surface area contributed by atoms with Crippen LogP contribution in [0.3, 0.4) is 0 Å². The minimum absolute atomic E-state index is 0.0281. The molecule has 3 N–H and O–H groups in total. The molecule has 2 amide bonds. The number of rotatable bonds is 4. The Hall–Kier alpha value is -0.810. The van der Waals surface area contributed by atoms with E-state index in [0.29, 0.717) is 6.54 Å². The van der Waals surface area contributed by atoms with Crippen molar-refractivity contribution in [1.82, 2.24) is 10.6 Å². The highest BCUT2D eigenvalue weighted by Gasteiger charge is 2.43. The van der Waals surface area contributed by atoms with Gasteiger partial charge in [-0.25, -0.2) is 4.79 Å². The number of carbonyl (C=O) groups is 1. The molecule has 2 aliphatic carbocycles.